The number of nitrogens with zero attached hydrogens (tertiary/aromatic N) is 2. The van der Waals surface area contributed by atoms with Gasteiger partial charge in [0, 0.05) is 5.75 Å². The van der Waals surface area contributed by atoms with Crippen molar-refractivity contribution in [3.05, 3.63) is 5.01 Å². The summed E-state index contributed by atoms with van der Waals surface area (Å²) >= 11 is 7.65. The van der Waals surface area contributed by atoms with Crippen molar-refractivity contribution in [3.8, 4) is 0 Å². The number of aromatic nitrogens is 2. The predicted molar refractivity (Wildman–Crippen MR) is 58.4 cm³/mol. The van der Waals surface area contributed by atoms with Gasteiger partial charge in [-0.3, -0.25) is 0 Å². The third kappa shape index (κ3) is 3.33. The number of rotatable bonds is 4. The largest absolute Gasteiger partial charge is 0.179 e. The minimum atomic E-state index is 0.641. The van der Waals surface area contributed by atoms with E-state index in [1.54, 1.807) is 23.1 Å². The average molecular weight is 220 g/mol. The number of hydrogen-bond donors (Lipinski definition) is 1. The van der Waals surface area contributed by atoms with Crippen molar-refractivity contribution in [2.75, 3.05) is 11.5 Å². The van der Waals surface area contributed by atoms with Crippen LogP contribution in [0.15, 0.2) is 4.34 Å². The highest BCUT2D eigenvalue weighted by Crippen LogP contribution is 2.23. The molecular formula is C7H12N2S3. The molecule has 1 atom stereocenters. The van der Waals surface area contributed by atoms with Crippen LogP contribution in [0.4, 0.5) is 0 Å². The minimum Gasteiger partial charge on any atom is -0.179 e. The fourth-order valence-corrected chi connectivity index (χ4v) is 2.77. The zero-order valence-corrected chi connectivity index (χ0v) is 9.68. The standard InChI is InChI=1S/C7H12N2S3/c1-5(3-10)4-11-7-9-8-6(2)12-7/h5,10H,3-4H2,1-2H3. The zero-order chi connectivity index (χ0) is 8.97. The van der Waals surface area contributed by atoms with E-state index in [1.807, 2.05) is 6.92 Å². The van der Waals surface area contributed by atoms with Gasteiger partial charge in [0.15, 0.2) is 4.34 Å². The van der Waals surface area contributed by atoms with Gasteiger partial charge >= 0.3 is 0 Å². The number of thioether (sulfide) groups is 1. The maximum absolute atomic E-state index is 4.22. The topological polar surface area (TPSA) is 25.8 Å². The van der Waals surface area contributed by atoms with Gasteiger partial charge in [-0.2, -0.15) is 12.6 Å². The monoisotopic (exact) mass is 220 g/mol. The van der Waals surface area contributed by atoms with E-state index in [2.05, 4.69) is 29.7 Å². The second-order valence-corrected chi connectivity index (χ2v) is 5.50. The summed E-state index contributed by atoms with van der Waals surface area (Å²) in [5.74, 6) is 2.66. The lowest BCUT2D eigenvalue weighted by Gasteiger charge is -2.03. The number of hydrogen-bond acceptors (Lipinski definition) is 5. The second-order valence-electron chi connectivity index (χ2n) is 2.69. The molecule has 1 aromatic rings. The van der Waals surface area contributed by atoms with Gasteiger partial charge in [0.25, 0.3) is 0 Å². The molecule has 2 nitrogen and oxygen atoms in total. The van der Waals surface area contributed by atoms with Gasteiger partial charge in [-0.05, 0) is 18.6 Å². The van der Waals surface area contributed by atoms with Crippen molar-refractivity contribution < 1.29 is 0 Å². The quantitative estimate of drug-likeness (QED) is 0.623. The van der Waals surface area contributed by atoms with Crippen LogP contribution in [-0.2, 0) is 0 Å². The maximum Gasteiger partial charge on any atom is 0.174 e. The summed E-state index contributed by atoms with van der Waals surface area (Å²) in [6.45, 7) is 4.16. The Hall–Kier alpha value is 0.260. The van der Waals surface area contributed by atoms with Crippen LogP contribution in [-0.4, -0.2) is 21.7 Å². The molecule has 0 N–H and O–H groups in total. The molecule has 0 aliphatic rings. The molecule has 1 rings (SSSR count). The molecule has 0 spiro atoms. The summed E-state index contributed by atoms with van der Waals surface area (Å²) in [6.07, 6.45) is 0. The van der Waals surface area contributed by atoms with E-state index in [9.17, 15) is 0 Å². The van der Waals surface area contributed by atoms with Gasteiger partial charge in [-0.25, -0.2) is 0 Å². The highest BCUT2D eigenvalue weighted by Gasteiger charge is 2.04. The first-order valence-corrected chi connectivity index (χ1v) is 6.19. The highest BCUT2D eigenvalue weighted by atomic mass is 32.2. The SMILES string of the molecule is Cc1nnc(SCC(C)CS)s1. The van der Waals surface area contributed by atoms with Gasteiger partial charge < -0.3 is 0 Å². The zero-order valence-electron chi connectivity index (χ0n) is 7.15. The second kappa shape index (κ2) is 5.09. The molecule has 0 fully saturated rings. The van der Waals surface area contributed by atoms with Crippen molar-refractivity contribution in [1.82, 2.24) is 10.2 Å². The van der Waals surface area contributed by atoms with E-state index in [4.69, 9.17) is 0 Å². The van der Waals surface area contributed by atoms with Crippen molar-refractivity contribution in [3.63, 3.8) is 0 Å². The third-order valence-electron chi connectivity index (χ3n) is 1.31. The summed E-state index contributed by atoms with van der Waals surface area (Å²) in [7, 11) is 0. The lowest BCUT2D eigenvalue weighted by molar-refractivity contribution is 0.766. The van der Waals surface area contributed by atoms with Crippen LogP contribution in [0.1, 0.15) is 11.9 Å². The Kier molecular flexibility index (Phi) is 4.39. The Morgan fingerprint density at radius 3 is 2.83 bits per heavy atom. The summed E-state index contributed by atoms with van der Waals surface area (Å²) in [6, 6.07) is 0. The lowest BCUT2D eigenvalue weighted by atomic mass is 10.3. The first kappa shape index (κ1) is 10.3. The van der Waals surface area contributed by atoms with Gasteiger partial charge in [0.2, 0.25) is 0 Å². The molecule has 0 bridgehead atoms. The van der Waals surface area contributed by atoms with Crippen LogP contribution < -0.4 is 0 Å². The normalized spacial score (nSPS) is 13.2. The average Bonchev–Trinajstić information content (AvgIpc) is 2.47. The van der Waals surface area contributed by atoms with Crippen LogP contribution in [0.2, 0.25) is 0 Å². The molecule has 1 aromatic heterocycles. The molecule has 0 aliphatic carbocycles. The fourth-order valence-electron chi connectivity index (χ4n) is 0.603. The van der Waals surface area contributed by atoms with Gasteiger partial charge in [-0.15, -0.1) is 10.2 Å². The molecule has 0 amide bonds. The minimum absolute atomic E-state index is 0.641. The predicted octanol–water partition coefficient (Wildman–Crippen LogP) is 2.50. The maximum atomic E-state index is 4.22. The van der Waals surface area contributed by atoms with E-state index in [1.165, 1.54) is 0 Å². The third-order valence-corrected chi connectivity index (χ3v) is 4.24. The summed E-state index contributed by atoms with van der Waals surface area (Å²) in [5, 5.41) is 9.02. The van der Waals surface area contributed by atoms with Crippen LogP contribution in [0.5, 0.6) is 0 Å². The number of thiol groups is 1. The van der Waals surface area contributed by atoms with Crippen LogP contribution >= 0.6 is 35.7 Å². The highest BCUT2D eigenvalue weighted by molar-refractivity contribution is 8.01. The Balaban J connectivity index is 2.33. The van der Waals surface area contributed by atoms with Gasteiger partial charge in [-0.1, -0.05) is 30.0 Å². The summed E-state index contributed by atoms with van der Waals surface area (Å²) in [4.78, 5) is 0. The van der Waals surface area contributed by atoms with Crippen molar-refractivity contribution in [2.45, 2.75) is 18.2 Å². The smallest absolute Gasteiger partial charge is 0.174 e. The Morgan fingerprint density at radius 1 is 1.58 bits per heavy atom. The molecule has 1 unspecified atom stereocenters. The van der Waals surface area contributed by atoms with Crippen LogP contribution in [0.3, 0.4) is 0 Å². The van der Waals surface area contributed by atoms with E-state index in [-0.39, 0.29) is 0 Å². The number of aryl methyl sites for hydroxylation is 1. The summed E-state index contributed by atoms with van der Waals surface area (Å²) < 4.78 is 1.07. The molecule has 0 radical (unpaired) electrons. The molecule has 0 aliphatic heterocycles. The fraction of sp³-hybridized carbons (Fsp3) is 0.714. The first-order valence-electron chi connectivity index (χ1n) is 3.76. The molecule has 1 heterocycles. The molecule has 0 saturated carbocycles. The van der Waals surface area contributed by atoms with Crippen LogP contribution in [0.25, 0.3) is 0 Å². The van der Waals surface area contributed by atoms with Crippen LogP contribution in [0, 0.1) is 12.8 Å². The summed E-state index contributed by atoms with van der Waals surface area (Å²) in [5.41, 5.74) is 0. The van der Waals surface area contributed by atoms with Crippen molar-refractivity contribution in [1.29, 1.82) is 0 Å². The lowest BCUT2D eigenvalue weighted by Crippen LogP contribution is -1.98. The Labute approximate surface area is 86.6 Å². The molecular weight excluding hydrogens is 208 g/mol. The van der Waals surface area contributed by atoms with E-state index in [0.717, 1.165) is 20.9 Å². The molecule has 12 heavy (non-hydrogen) atoms. The first-order chi connectivity index (χ1) is 5.72. The molecule has 0 aromatic carbocycles. The molecule has 0 saturated heterocycles. The Morgan fingerprint density at radius 2 is 2.33 bits per heavy atom. The van der Waals surface area contributed by atoms with E-state index >= 15 is 0 Å². The Bertz CT molecular complexity index is 236. The van der Waals surface area contributed by atoms with E-state index < -0.39 is 0 Å². The molecule has 68 valence electrons. The molecule has 5 heteroatoms. The van der Waals surface area contributed by atoms with Crippen molar-refractivity contribution >= 4 is 35.7 Å². The van der Waals surface area contributed by atoms with Gasteiger partial charge in [0.1, 0.15) is 5.01 Å². The van der Waals surface area contributed by atoms with Crippen molar-refractivity contribution in [2.24, 2.45) is 5.92 Å². The van der Waals surface area contributed by atoms with Gasteiger partial charge in [0.05, 0.1) is 0 Å². The van der Waals surface area contributed by atoms with E-state index in [0.29, 0.717) is 5.92 Å².